The van der Waals surface area contributed by atoms with Crippen molar-refractivity contribution in [2.24, 2.45) is 0 Å². The summed E-state index contributed by atoms with van der Waals surface area (Å²) in [6.07, 6.45) is 0.0581. The van der Waals surface area contributed by atoms with Crippen LogP contribution in [0, 0.1) is 0 Å². The minimum Gasteiger partial charge on any atom is -0.497 e. The van der Waals surface area contributed by atoms with E-state index >= 15 is 0 Å². The molecule has 0 radical (unpaired) electrons. The fraction of sp³-hybridized carbons (Fsp3) is 0.333. The second-order valence-corrected chi connectivity index (χ2v) is 5.01. The molecule has 0 aliphatic heterocycles. The average Bonchev–Trinajstić information content (AvgIpc) is 2.55. The molecule has 0 saturated heterocycles. The Morgan fingerprint density at radius 3 is 2.19 bits per heavy atom. The first-order valence-corrected chi connectivity index (χ1v) is 7.23. The normalized spacial score (nSPS) is 13.7. The molecule has 2 rings (SSSR count). The van der Waals surface area contributed by atoms with Crippen molar-refractivity contribution in [2.45, 2.75) is 19.1 Å². The highest BCUT2D eigenvalue weighted by Gasteiger charge is 2.16. The zero-order valence-corrected chi connectivity index (χ0v) is 12.9. The number of hydrogen-bond acceptors (Lipinski definition) is 3. The highest BCUT2D eigenvalue weighted by atomic mass is 16.5. The molecule has 21 heavy (non-hydrogen) atoms. The van der Waals surface area contributed by atoms with E-state index in [9.17, 15) is 0 Å². The lowest BCUT2D eigenvalue weighted by molar-refractivity contribution is -0.00343. The molecule has 3 heteroatoms. The van der Waals surface area contributed by atoms with E-state index in [4.69, 9.17) is 9.47 Å². The standard InChI is InChI=1S/C18H23NO2/c1-14(15-7-5-4-6-8-15)21-18(13-19-2)16-9-11-17(20-3)12-10-16/h4-12,14,18-19H,13H2,1-3H3. The van der Waals surface area contributed by atoms with E-state index in [1.165, 1.54) is 5.56 Å². The van der Waals surface area contributed by atoms with Crippen molar-refractivity contribution in [3.63, 3.8) is 0 Å². The van der Waals surface area contributed by atoms with Gasteiger partial charge in [-0.2, -0.15) is 0 Å². The molecule has 2 unspecified atom stereocenters. The Bertz CT molecular complexity index is 525. The first-order chi connectivity index (χ1) is 10.2. The fourth-order valence-corrected chi connectivity index (χ4v) is 2.30. The van der Waals surface area contributed by atoms with Crippen LogP contribution in [0.5, 0.6) is 5.75 Å². The Morgan fingerprint density at radius 2 is 1.62 bits per heavy atom. The molecule has 0 saturated carbocycles. The van der Waals surface area contributed by atoms with E-state index in [2.05, 4.69) is 36.5 Å². The van der Waals surface area contributed by atoms with Gasteiger partial charge in [-0.05, 0) is 37.2 Å². The molecular weight excluding hydrogens is 262 g/mol. The summed E-state index contributed by atoms with van der Waals surface area (Å²) in [7, 11) is 3.61. The molecule has 2 aromatic rings. The summed E-state index contributed by atoms with van der Waals surface area (Å²) in [5.41, 5.74) is 2.33. The van der Waals surface area contributed by atoms with Gasteiger partial charge in [0.05, 0.1) is 19.3 Å². The SMILES string of the molecule is CNCC(OC(C)c1ccccc1)c1ccc(OC)cc1. The molecule has 0 bridgehead atoms. The summed E-state index contributed by atoms with van der Waals surface area (Å²) in [5.74, 6) is 0.859. The monoisotopic (exact) mass is 285 g/mol. The van der Waals surface area contributed by atoms with E-state index in [1.807, 2.05) is 37.4 Å². The van der Waals surface area contributed by atoms with Gasteiger partial charge in [0, 0.05) is 6.54 Å². The van der Waals surface area contributed by atoms with Gasteiger partial charge < -0.3 is 14.8 Å². The molecule has 0 spiro atoms. The Hall–Kier alpha value is -1.84. The highest BCUT2D eigenvalue weighted by Crippen LogP contribution is 2.27. The topological polar surface area (TPSA) is 30.5 Å². The van der Waals surface area contributed by atoms with Gasteiger partial charge in [-0.1, -0.05) is 42.5 Å². The van der Waals surface area contributed by atoms with Crippen LogP contribution in [-0.4, -0.2) is 20.7 Å². The average molecular weight is 285 g/mol. The van der Waals surface area contributed by atoms with Gasteiger partial charge in [-0.25, -0.2) is 0 Å². The van der Waals surface area contributed by atoms with E-state index in [0.717, 1.165) is 17.9 Å². The van der Waals surface area contributed by atoms with Crippen molar-refractivity contribution in [2.75, 3.05) is 20.7 Å². The molecule has 2 aromatic carbocycles. The van der Waals surface area contributed by atoms with E-state index in [0.29, 0.717) is 0 Å². The summed E-state index contributed by atoms with van der Waals surface area (Å²) in [5, 5.41) is 3.20. The number of likely N-dealkylation sites (N-methyl/N-ethyl adjacent to an activating group) is 1. The van der Waals surface area contributed by atoms with Crippen LogP contribution in [0.25, 0.3) is 0 Å². The number of hydrogen-bond donors (Lipinski definition) is 1. The third-order valence-corrected chi connectivity index (χ3v) is 3.51. The molecular formula is C18H23NO2. The van der Waals surface area contributed by atoms with Crippen molar-refractivity contribution in [3.05, 3.63) is 65.7 Å². The lowest BCUT2D eigenvalue weighted by atomic mass is 10.1. The van der Waals surface area contributed by atoms with Crippen molar-refractivity contribution in [1.82, 2.24) is 5.32 Å². The van der Waals surface area contributed by atoms with Crippen LogP contribution in [0.3, 0.4) is 0 Å². The zero-order chi connectivity index (χ0) is 15.1. The lowest BCUT2D eigenvalue weighted by Crippen LogP contribution is -2.21. The third kappa shape index (κ3) is 4.31. The molecule has 0 aliphatic rings. The summed E-state index contributed by atoms with van der Waals surface area (Å²) in [6.45, 7) is 2.85. The summed E-state index contributed by atoms with van der Waals surface area (Å²) < 4.78 is 11.4. The van der Waals surface area contributed by atoms with Crippen LogP contribution >= 0.6 is 0 Å². The number of rotatable bonds is 7. The van der Waals surface area contributed by atoms with Crippen LogP contribution in [0.4, 0.5) is 0 Å². The first kappa shape index (κ1) is 15.5. The summed E-state index contributed by atoms with van der Waals surface area (Å²) in [6, 6.07) is 18.3. The van der Waals surface area contributed by atoms with E-state index < -0.39 is 0 Å². The van der Waals surface area contributed by atoms with Crippen molar-refractivity contribution >= 4 is 0 Å². The molecule has 0 amide bonds. The molecule has 0 aromatic heterocycles. The zero-order valence-electron chi connectivity index (χ0n) is 12.9. The summed E-state index contributed by atoms with van der Waals surface area (Å²) >= 11 is 0. The molecule has 112 valence electrons. The van der Waals surface area contributed by atoms with Crippen molar-refractivity contribution in [1.29, 1.82) is 0 Å². The minimum atomic E-state index is 0.0103. The van der Waals surface area contributed by atoms with E-state index in [1.54, 1.807) is 7.11 Å². The van der Waals surface area contributed by atoms with Crippen LogP contribution in [0.2, 0.25) is 0 Å². The Kier molecular flexibility index (Phi) is 5.78. The number of benzene rings is 2. The maximum Gasteiger partial charge on any atom is 0.118 e. The Morgan fingerprint density at radius 1 is 0.952 bits per heavy atom. The molecule has 0 fully saturated rings. The second kappa shape index (κ2) is 7.81. The van der Waals surface area contributed by atoms with Gasteiger partial charge in [-0.15, -0.1) is 0 Å². The van der Waals surface area contributed by atoms with Crippen LogP contribution in [0.15, 0.2) is 54.6 Å². The maximum absolute atomic E-state index is 6.23. The van der Waals surface area contributed by atoms with Gasteiger partial charge in [0.2, 0.25) is 0 Å². The van der Waals surface area contributed by atoms with Gasteiger partial charge in [0.1, 0.15) is 5.75 Å². The van der Waals surface area contributed by atoms with Gasteiger partial charge in [0.25, 0.3) is 0 Å². The van der Waals surface area contributed by atoms with E-state index in [-0.39, 0.29) is 12.2 Å². The smallest absolute Gasteiger partial charge is 0.118 e. The fourth-order valence-electron chi connectivity index (χ4n) is 2.30. The van der Waals surface area contributed by atoms with Gasteiger partial charge >= 0.3 is 0 Å². The summed E-state index contributed by atoms with van der Waals surface area (Å²) in [4.78, 5) is 0. The quantitative estimate of drug-likeness (QED) is 0.840. The van der Waals surface area contributed by atoms with Gasteiger partial charge in [0.15, 0.2) is 0 Å². The molecule has 0 aliphatic carbocycles. The van der Waals surface area contributed by atoms with Crippen LogP contribution < -0.4 is 10.1 Å². The Balaban J connectivity index is 2.11. The molecule has 1 N–H and O–H groups in total. The Labute approximate surface area is 126 Å². The second-order valence-electron chi connectivity index (χ2n) is 5.01. The van der Waals surface area contributed by atoms with Crippen molar-refractivity contribution in [3.8, 4) is 5.75 Å². The highest BCUT2D eigenvalue weighted by molar-refractivity contribution is 5.29. The predicted octanol–water partition coefficient (Wildman–Crippen LogP) is 3.73. The molecule has 0 heterocycles. The molecule has 2 atom stereocenters. The van der Waals surface area contributed by atoms with Gasteiger partial charge in [-0.3, -0.25) is 0 Å². The number of methoxy groups -OCH3 is 1. The lowest BCUT2D eigenvalue weighted by Gasteiger charge is -2.23. The van der Waals surface area contributed by atoms with Crippen LogP contribution in [0.1, 0.15) is 30.3 Å². The third-order valence-electron chi connectivity index (χ3n) is 3.51. The van der Waals surface area contributed by atoms with Crippen LogP contribution in [-0.2, 0) is 4.74 Å². The largest absolute Gasteiger partial charge is 0.497 e. The molecule has 3 nitrogen and oxygen atoms in total. The first-order valence-electron chi connectivity index (χ1n) is 7.23. The van der Waals surface area contributed by atoms with Crippen molar-refractivity contribution < 1.29 is 9.47 Å². The predicted molar refractivity (Wildman–Crippen MR) is 85.6 cm³/mol. The maximum atomic E-state index is 6.23. The minimum absolute atomic E-state index is 0.0103. The number of ether oxygens (including phenoxy) is 2. The number of nitrogens with one attached hydrogen (secondary N) is 1.